The van der Waals surface area contributed by atoms with E-state index in [2.05, 4.69) is 5.32 Å². The lowest BCUT2D eigenvalue weighted by atomic mass is 10.2. The van der Waals surface area contributed by atoms with Crippen molar-refractivity contribution >= 4 is 23.6 Å². The summed E-state index contributed by atoms with van der Waals surface area (Å²) in [7, 11) is 1.52. The van der Waals surface area contributed by atoms with E-state index in [1.54, 1.807) is 36.4 Å². The molecule has 0 aliphatic carbocycles. The lowest BCUT2D eigenvalue weighted by Crippen LogP contribution is -2.29. The molecule has 3 rings (SSSR count). The van der Waals surface area contributed by atoms with Crippen LogP contribution in [0.2, 0.25) is 0 Å². The quantitative estimate of drug-likeness (QED) is 0.595. The van der Waals surface area contributed by atoms with E-state index in [1.165, 1.54) is 20.1 Å². The van der Waals surface area contributed by atoms with Crippen molar-refractivity contribution < 1.29 is 28.5 Å². The van der Waals surface area contributed by atoms with Gasteiger partial charge in [-0.3, -0.25) is 4.79 Å². The van der Waals surface area contributed by atoms with E-state index in [0.29, 0.717) is 36.1 Å². The van der Waals surface area contributed by atoms with Crippen molar-refractivity contribution in [3.05, 3.63) is 53.6 Å². The van der Waals surface area contributed by atoms with Crippen LogP contribution in [0.1, 0.15) is 18.1 Å². The molecule has 1 atom stereocenters. The fourth-order valence-corrected chi connectivity index (χ4v) is 2.75. The fourth-order valence-electron chi connectivity index (χ4n) is 2.75. The molecule has 7 nitrogen and oxygen atoms in total. The van der Waals surface area contributed by atoms with Gasteiger partial charge in [-0.25, -0.2) is 4.79 Å². The Labute approximate surface area is 169 Å². The molecule has 0 fully saturated rings. The van der Waals surface area contributed by atoms with Crippen LogP contribution in [0.25, 0.3) is 6.08 Å². The molecule has 1 aliphatic rings. The molecule has 0 bridgehead atoms. The molecule has 0 saturated heterocycles. The van der Waals surface area contributed by atoms with Crippen LogP contribution in [0.5, 0.6) is 17.2 Å². The number of esters is 1. The van der Waals surface area contributed by atoms with Gasteiger partial charge in [-0.15, -0.1) is 0 Å². The van der Waals surface area contributed by atoms with Gasteiger partial charge in [-0.1, -0.05) is 12.1 Å². The van der Waals surface area contributed by atoms with Crippen LogP contribution in [0.4, 0.5) is 5.69 Å². The van der Waals surface area contributed by atoms with E-state index in [0.717, 1.165) is 11.1 Å². The van der Waals surface area contributed by atoms with Gasteiger partial charge in [0.1, 0.15) is 19.0 Å². The van der Waals surface area contributed by atoms with Crippen LogP contribution in [0.15, 0.2) is 42.5 Å². The van der Waals surface area contributed by atoms with Crippen LogP contribution in [-0.2, 0) is 14.3 Å². The molecule has 2 aromatic carbocycles. The Morgan fingerprint density at radius 1 is 1.10 bits per heavy atom. The second-order valence-electron chi connectivity index (χ2n) is 6.51. The lowest BCUT2D eigenvalue weighted by molar-refractivity contribution is -0.148. The number of carbonyl (C=O) groups is 2. The number of amides is 1. The third kappa shape index (κ3) is 5.28. The van der Waals surface area contributed by atoms with Crippen molar-refractivity contribution in [2.45, 2.75) is 20.0 Å². The number of benzene rings is 2. The van der Waals surface area contributed by atoms with Gasteiger partial charge in [0.05, 0.1) is 12.8 Å². The van der Waals surface area contributed by atoms with E-state index in [4.69, 9.17) is 18.9 Å². The Morgan fingerprint density at radius 2 is 1.86 bits per heavy atom. The molecule has 7 heteroatoms. The first-order chi connectivity index (χ1) is 14.0. The summed E-state index contributed by atoms with van der Waals surface area (Å²) < 4.78 is 21.4. The summed E-state index contributed by atoms with van der Waals surface area (Å²) in [4.78, 5) is 24.4. The maximum atomic E-state index is 12.4. The van der Waals surface area contributed by atoms with E-state index < -0.39 is 18.0 Å². The Bertz CT molecular complexity index is 937. The molecule has 0 saturated carbocycles. The number of methoxy groups -OCH3 is 1. The van der Waals surface area contributed by atoms with Crippen molar-refractivity contribution in [1.29, 1.82) is 0 Å². The van der Waals surface area contributed by atoms with Crippen LogP contribution in [-0.4, -0.2) is 38.3 Å². The SMILES string of the molecule is COc1ccc(C)cc1NC(=O)C(C)OC(=O)/C=C/c1ccc2c(c1)OCCO2. The zero-order chi connectivity index (χ0) is 20.8. The molecule has 1 aliphatic heterocycles. The standard InChI is InChI=1S/C22H23NO6/c1-14-4-7-18(26-3)17(12-14)23-22(25)15(2)29-21(24)9-6-16-5-8-19-20(13-16)28-11-10-27-19/h4-9,12-13,15H,10-11H2,1-3H3,(H,23,25)/b9-6+. The first-order valence-electron chi connectivity index (χ1n) is 9.20. The average Bonchev–Trinajstić information content (AvgIpc) is 2.72. The Hall–Kier alpha value is -3.48. The molecule has 0 radical (unpaired) electrons. The Kier molecular flexibility index (Phi) is 6.39. The topological polar surface area (TPSA) is 83.1 Å². The van der Waals surface area contributed by atoms with E-state index >= 15 is 0 Å². The van der Waals surface area contributed by atoms with Crippen molar-refractivity contribution in [3.63, 3.8) is 0 Å². The largest absolute Gasteiger partial charge is 0.495 e. The number of ether oxygens (including phenoxy) is 4. The summed E-state index contributed by atoms with van der Waals surface area (Å²) in [6.45, 7) is 4.41. The maximum absolute atomic E-state index is 12.4. The summed E-state index contributed by atoms with van der Waals surface area (Å²) in [5.41, 5.74) is 2.24. The predicted molar refractivity (Wildman–Crippen MR) is 108 cm³/mol. The van der Waals surface area contributed by atoms with Crippen LogP contribution in [0, 0.1) is 6.92 Å². The Morgan fingerprint density at radius 3 is 2.62 bits per heavy atom. The number of aryl methyl sites for hydroxylation is 1. The van der Waals surface area contributed by atoms with Crippen molar-refractivity contribution in [2.24, 2.45) is 0 Å². The number of carbonyl (C=O) groups excluding carboxylic acids is 2. The lowest BCUT2D eigenvalue weighted by Gasteiger charge is -2.18. The first kappa shape index (κ1) is 20.3. The molecule has 1 N–H and O–H groups in total. The van der Waals surface area contributed by atoms with Crippen LogP contribution < -0.4 is 19.5 Å². The molecule has 0 spiro atoms. The summed E-state index contributed by atoms with van der Waals surface area (Å²) in [6.07, 6.45) is 1.88. The highest BCUT2D eigenvalue weighted by Gasteiger charge is 2.18. The zero-order valence-corrected chi connectivity index (χ0v) is 16.6. The molecule has 29 heavy (non-hydrogen) atoms. The molecule has 1 unspecified atom stereocenters. The van der Waals surface area contributed by atoms with E-state index in [9.17, 15) is 9.59 Å². The van der Waals surface area contributed by atoms with Gasteiger partial charge < -0.3 is 24.3 Å². The maximum Gasteiger partial charge on any atom is 0.331 e. The average molecular weight is 397 g/mol. The third-order valence-electron chi connectivity index (χ3n) is 4.25. The number of rotatable bonds is 6. The van der Waals surface area contributed by atoms with E-state index in [1.807, 2.05) is 13.0 Å². The minimum atomic E-state index is -0.974. The van der Waals surface area contributed by atoms with Gasteiger partial charge in [-0.2, -0.15) is 0 Å². The van der Waals surface area contributed by atoms with Gasteiger partial charge in [0.15, 0.2) is 17.6 Å². The number of anilines is 1. The van der Waals surface area contributed by atoms with Gasteiger partial charge >= 0.3 is 5.97 Å². The highest BCUT2D eigenvalue weighted by Crippen LogP contribution is 2.31. The van der Waals surface area contributed by atoms with Crippen LogP contribution >= 0.6 is 0 Å². The molecule has 1 amide bonds. The monoisotopic (exact) mass is 397 g/mol. The molecule has 1 heterocycles. The predicted octanol–water partition coefficient (Wildman–Crippen LogP) is 3.36. The van der Waals surface area contributed by atoms with Gasteiger partial charge in [0, 0.05) is 6.08 Å². The molecule has 0 aromatic heterocycles. The van der Waals surface area contributed by atoms with E-state index in [-0.39, 0.29) is 0 Å². The summed E-state index contributed by atoms with van der Waals surface area (Å²) in [5, 5.41) is 2.72. The summed E-state index contributed by atoms with van der Waals surface area (Å²) >= 11 is 0. The Balaban J connectivity index is 1.58. The zero-order valence-electron chi connectivity index (χ0n) is 16.6. The summed E-state index contributed by atoms with van der Waals surface area (Å²) in [6, 6.07) is 10.8. The molecule has 152 valence electrons. The van der Waals surface area contributed by atoms with Gasteiger partial charge in [0.2, 0.25) is 0 Å². The minimum Gasteiger partial charge on any atom is -0.495 e. The van der Waals surface area contributed by atoms with Gasteiger partial charge in [0.25, 0.3) is 5.91 Å². The molecule has 2 aromatic rings. The van der Waals surface area contributed by atoms with Crippen molar-refractivity contribution in [2.75, 3.05) is 25.6 Å². The smallest absolute Gasteiger partial charge is 0.331 e. The summed E-state index contributed by atoms with van der Waals surface area (Å²) in [5.74, 6) is 0.758. The number of hydrogen-bond acceptors (Lipinski definition) is 6. The molecular weight excluding hydrogens is 374 g/mol. The minimum absolute atomic E-state index is 0.449. The van der Waals surface area contributed by atoms with Gasteiger partial charge in [-0.05, 0) is 55.3 Å². The number of hydrogen-bond donors (Lipinski definition) is 1. The first-order valence-corrected chi connectivity index (χ1v) is 9.20. The highest BCUT2D eigenvalue weighted by molar-refractivity contribution is 5.97. The van der Waals surface area contributed by atoms with Crippen molar-refractivity contribution in [1.82, 2.24) is 0 Å². The number of fused-ring (bicyclic) bond motifs is 1. The fraction of sp³-hybridized carbons (Fsp3) is 0.273. The third-order valence-corrected chi connectivity index (χ3v) is 4.25. The second-order valence-corrected chi connectivity index (χ2v) is 6.51. The molecular formula is C22H23NO6. The van der Waals surface area contributed by atoms with Crippen molar-refractivity contribution in [3.8, 4) is 17.2 Å². The van der Waals surface area contributed by atoms with Crippen LogP contribution in [0.3, 0.4) is 0 Å². The highest BCUT2D eigenvalue weighted by atomic mass is 16.6. The number of nitrogens with one attached hydrogen (secondary N) is 1. The normalized spacial score (nSPS) is 13.6. The second kappa shape index (κ2) is 9.14.